The third-order valence-electron chi connectivity index (χ3n) is 3.92. The van der Waals surface area contributed by atoms with Crippen LogP contribution in [0, 0.1) is 5.92 Å². The van der Waals surface area contributed by atoms with Gasteiger partial charge in [0.25, 0.3) is 10.2 Å². The summed E-state index contributed by atoms with van der Waals surface area (Å²) in [5.41, 5.74) is 0. The van der Waals surface area contributed by atoms with Gasteiger partial charge in [-0.25, -0.2) is 0 Å². The Labute approximate surface area is 129 Å². The van der Waals surface area contributed by atoms with E-state index >= 15 is 0 Å². The van der Waals surface area contributed by atoms with Crippen LogP contribution in [0.25, 0.3) is 0 Å². The van der Waals surface area contributed by atoms with Gasteiger partial charge in [0.05, 0.1) is 0 Å². The largest absolute Gasteiger partial charge is 0.381 e. The topological polar surface area (TPSA) is 70.7 Å². The lowest BCUT2D eigenvalue weighted by Crippen LogP contribution is -2.46. The van der Waals surface area contributed by atoms with Crippen molar-refractivity contribution in [2.75, 3.05) is 33.4 Å². The van der Waals surface area contributed by atoms with Gasteiger partial charge in [-0.15, -0.1) is 0 Å². The second kappa shape index (κ2) is 9.05. The van der Waals surface area contributed by atoms with Crippen molar-refractivity contribution in [1.29, 1.82) is 0 Å². The molecule has 6 nitrogen and oxygen atoms in total. The molecule has 0 aliphatic carbocycles. The summed E-state index contributed by atoms with van der Waals surface area (Å²) in [5, 5.41) is 3.29. The molecule has 1 saturated heterocycles. The summed E-state index contributed by atoms with van der Waals surface area (Å²) in [6, 6.07) is 0.383. The molecule has 1 aliphatic heterocycles. The van der Waals surface area contributed by atoms with Gasteiger partial charge in [0.2, 0.25) is 0 Å². The van der Waals surface area contributed by atoms with Gasteiger partial charge in [0, 0.05) is 38.9 Å². The van der Waals surface area contributed by atoms with E-state index in [0.717, 1.165) is 39.0 Å². The molecule has 0 aromatic heterocycles. The van der Waals surface area contributed by atoms with E-state index in [4.69, 9.17) is 4.74 Å². The molecule has 2 N–H and O–H groups in total. The van der Waals surface area contributed by atoms with E-state index in [1.165, 1.54) is 4.31 Å². The lowest BCUT2D eigenvalue weighted by atomic mass is 9.94. The van der Waals surface area contributed by atoms with Crippen molar-refractivity contribution in [3.05, 3.63) is 0 Å². The Hall–Kier alpha value is -0.210. The maximum absolute atomic E-state index is 12.3. The Morgan fingerprint density at radius 1 is 1.24 bits per heavy atom. The first kappa shape index (κ1) is 18.8. The number of rotatable bonds is 9. The molecule has 126 valence electrons. The second-order valence-electron chi connectivity index (χ2n) is 6.15. The molecule has 0 aromatic carbocycles. The van der Waals surface area contributed by atoms with Crippen LogP contribution in [0.2, 0.25) is 0 Å². The van der Waals surface area contributed by atoms with E-state index in [1.807, 2.05) is 6.92 Å². The fraction of sp³-hybridized carbons (Fsp3) is 1.00. The van der Waals surface area contributed by atoms with Crippen LogP contribution in [0.3, 0.4) is 0 Å². The average Bonchev–Trinajstić information content (AvgIpc) is 2.43. The highest BCUT2D eigenvalue weighted by Crippen LogP contribution is 2.19. The van der Waals surface area contributed by atoms with Crippen molar-refractivity contribution < 1.29 is 13.2 Å². The number of nitrogens with one attached hydrogen (secondary N) is 2. The molecule has 0 aromatic rings. The van der Waals surface area contributed by atoms with Gasteiger partial charge in [0.1, 0.15) is 0 Å². The van der Waals surface area contributed by atoms with Crippen LogP contribution in [-0.2, 0) is 14.9 Å². The summed E-state index contributed by atoms with van der Waals surface area (Å²) in [5.74, 6) is 0.365. The Morgan fingerprint density at radius 3 is 2.43 bits per heavy atom. The van der Waals surface area contributed by atoms with Crippen LogP contribution in [0.15, 0.2) is 0 Å². The maximum atomic E-state index is 12.3. The third-order valence-corrected chi connectivity index (χ3v) is 5.59. The first-order valence-corrected chi connectivity index (χ1v) is 9.31. The van der Waals surface area contributed by atoms with Crippen molar-refractivity contribution in [1.82, 2.24) is 14.3 Å². The monoisotopic (exact) mass is 321 g/mol. The minimum atomic E-state index is -3.39. The molecule has 1 heterocycles. The molecular weight excluding hydrogens is 290 g/mol. The Morgan fingerprint density at radius 2 is 1.86 bits per heavy atom. The standard InChI is InChI=1S/C14H31N3O3S/c1-12(2)15-8-5-9-17(4)21(18,19)16-13(3)14-6-10-20-11-7-14/h12-16H,5-11H2,1-4H3. The van der Waals surface area contributed by atoms with Crippen LogP contribution in [0.5, 0.6) is 0 Å². The van der Waals surface area contributed by atoms with Gasteiger partial charge in [-0.1, -0.05) is 13.8 Å². The van der Waals surface area contributed by atoms with Crippen molar-refractivity contribution in [2.24, 2.45) is 5.92 Å². The van der Waals surface area contributed by atoms with E-state index in [0.29, 0.717) is 18.5 Å². The summed E-state index contributed by atoms with van der Waals surface area (Å²) >= 11 is 0. The zero-order valence-electron chi connectivity index (χ0n) is 13.8. The molecule has 7 heteroatoms. The molecule has 0 bridgehead atoms. The predicted octanol–water partition coefficient (Wildman–Crippen LogP) is 0.956. The van der Waals surface area contributed by atoms with Gasteiger partial charge < -0.3 is 10.1 Å². The molecule has 1 unspecified atom stereocenters. The molecule has 21 heavy (non-hydrogen) atoms. The quantitative estimate of drug-likeness (QED) is 0.621. The first-order valence-electron chi connectivity index (χ1n) is 7.87. The summed E-state index contributed by atoms with van der Waals surface area (Å²) in [4.78, 5) is 0. The lowest BCUT2D eigenvalue weighted by molar-refractivity contribution is 0.0584. The lowest BCUT2D eigenvalue weighted by Gasteiger charge is -2.29. The fourth-order valence-corrected chi connectivity index (χ4v) is 3.66. The van der Waals surface area contributed by atoms with E-state index in [9.17, 15) is 8.42 Å². The predicted molar refractivity (Wildman–Crippen MR) is 85.4 cm³/mol. The van der Waals surface area contributed by atoms with E-state index < -0.39 is 10.2 Å². The molecule has 1 rings (SSSR count). The molecule has 0 amide bonds. The first-order chi connectivity index (χ1) is 9.83. The van der Waals surface area contributed by atoms with Crippen molar-refractivity contribution >= 4 is 10.2 Å². The highest BCUT2D eigenvalue weighted by Gasteiger charge is 2.26. The SMILES string of the molecule is CC(C)NCCCN(C)S(=O)(=O)NC(C)C1CCOCC1. The highest BCUT2D eigenvalue weighted by atomic mass is 32.2. The summed E-state index contributed by atoms with van der Waals surface area (Å²) in [6.07, 6.45) is 2.65. The van der Waals surface area contributed by atoms with Crippen LogP contribution in [0.1, 0.15) is 40.0 Å². The Bertz CT molecular complexity index is 381. The molecule has 0 radical (unpaired) electrons. The molecule has 0 saturated carbocycles. The molecule has 1 atom stereocenters. The minimum Gasteiger partial charge on any atom is -0.381 e. The van der Waals surface area contributed by atoms with E-state index in [2.05, 4.69) is 23.9 Å². The van der Waals surface area contributed by atoms with Crippen LogP contribution in [-0.4, -0.2) is 58.2 Å². The van der Waals surface area contributed by atoms with Crippen LogP contribution < -0.4 is 10.0 Å². The van der Waals surface area contributed by atoms with Crippen molar-refractivity contribution in [3.8, 4) is 0 Å². The van der Waals surface area contributed by atoms with Gasteiger partial charge in [-0.2, -0.15) is 17.4 Å². The minimum absolute atomic E-state index is 0.0462. The van der Waals surface area contributed by atoms with E-state index in [1.54, 1.807) is 7.05 Å². The van der Waals surface area contributed by atoms with E-state index in [-0.39, 0.29) is 6.04 Å². The zero-order chi connectivity index (χ0) is 15.9. The zero-order valence-corrected chi connectivity index (χ0v) is 14.6. The van der Waals surface area contributed by atoms with Gasteiger partial charge in [-0.05, 0) is 38.6 Å². The average molecular weight is 321 g/mol. The molecule has 1 aliphatic rings. The van der Waals surface area contributed by atoms with Gasteiger partial charge in [0.15, 0.2) is 0 Å². The number of hydrogen-bond acceptors (Lipinski definition) is 4. The normalized spacial score (nSPS) is 19.3. The Balaban J connectivity index is 2.36. The fourth-order valence-electron chi connectivity index (χ4n) is 2.45. The number of hydrogen-bond donors (Lipinski definition) is 2. The number of ether oxygens (including phenoxy) is 1. The van der Waals surface area contributed by atoms with Crippen LogP contribution >= 0.6 is 0 Å². The molecular formula is C14H31N3O3S. The van der Waals surface area contributed by atoms with Gasteiger partial charge >= 0.3 is 0 Å². The van der Waals surface area contributed by atoms with Crippen LogP contribution in [0.4, 0.5) is 0 Å². The van der Waals surface area contributed by atoms with Crippen molar-refractivity contribution in [3.63, 3.8) is 0 Å². The highest BCUT2D eigenvalue weighted by molar-refractivity contribution is 7.87. The summed E-state index contributed by atoms with van der Waals surface area (Å²) in [6.45, 7) is 8.92. The van der Waals surface area contributed by atoms with Gasteiger partial charge in [-0.3, -0.25) is 0 Å². The third kappa shape index (κ3) is 7.06. The molecule has 0 spiro atoms. The maximum Gasteiger partial charge on any atom is 0.279 e. The Kier molecular flexibility index (Phi) is 8.12. The smallest absolute Gasteiger partial charge is 0.279 e. The second-order valence-corrected chi connectivity index (χ2v) is 7.95. The molecule has 1 fully saturated rings. The summed E-state index contributed by atoms with van der Waals surface area (Å²) in [7, 11) is -1.76. The van der Waals surface area contributed by atoms with Crippen molar-refractivity contribution in [2.45, 2.75) is 52.1 Å². The number of nitrogens with zero attached hydrogens (tertiary/aromatic N) is 1. The summed E-state index contributed by atoms with van der Waals surface area (Å²) < 4.78 is 34.1.